The van der Waals surface area contributed by atoms with Crippen LogP contribution in [0.2, 0.25) is 0 Å². The molecule has 0 radical (unpaired) electrons. The second-order valence-corrected chi connectivity index (χ2v) is 4.73. The third-order valence-electron chi connectivity index (χ3n) is 2.88. The Kier molecular flexibility index (Phi) is 7.95. The number of carbonyl (C=O) groups is 2. The van der Waals surface area contributed by atoms with E-state index in [1.165, 1.54) is 13.0 Å². The van der Waals surface area contributed by atoms with Gasteiger partial charge in [-0.3, -0.25) is 10.1 Å². The number of nitrogens with one attached hydrogen (secondary N) is 2. The lowest BCUT2D eigenvalue weighted by Crippen LogP contribution is -2.19. The normalized spacial score (nSPS) is 10.3. The summed E-state index contributed by atoms with van der Waals surface area (Å²) in [6, 6.07) is 4.60. The van der Waals surface area contributed by atoms with Crippen LogP contribution in [-0.4, -0.2) is 48.4 Å². The number of anilines is 1. The number of carbonyl (C=O) groups excluding carboxylic acids is 1. The molecule has 0 fully saturated rings. The van der Waals surface area contributed by atoms with E-state index in [0.717, 1.165) is 19.5 Å². The minimum absolute atomic E-state index is 0.169. The molecule has 0 aromatic heterocycles. The second-order valence-electron chi connectivity index (χ2n) is 4.73. The van der Waals surface area contributed by atoms with Crippen molar-refractivity contribution in [1.82, 2.24) is 5.32 Å². The fraction of sp³-hybridized carbons (Fsp3) is 0.467. The molecule has 4 N–H and O–H groups in total. The van der Waals surface area contributed by atoms with Crippen molar-refractivity contribution in [3.05, 3.63) is 23.8 Å². The maximum absolute atomic E-state index is 11.6. The number of aliphatic hydroxyl groups excluding tert-OH is 1. The molecule has 0 unspecified atom stereocenters. The van der Waals surface area contributed by atoms with Crippen LogP contribution in [0.4, 0.5) is 10.5 Å². The minimum atomic E-state index is -1.18. The van der Waals surface area contributed by atoms with E-state index in [4.69, 9.17) is 14.9 Å². The third-order valence-corrected chi connectivity index (χ3v) is 2.88. The number of rotatable bonds is 10. The summed E-state index contributed by atoms with van der Waals surface area (Å²) in [7, 11) is 0. The van der Waals surface area contributed by atoms with Crippen LogP contribution < -0.4 is 15.4 Å². The van der Waals surface area contributed by atoms with Crippen LogP contribution >= 0.6 is 0 Å². The molecule has 122 valence electrons. The van der Waals surface area contributed by atoms with Crippen LogP contribution in [-0.2, 0) is 0 Å². The van der Waals surface area contributed by atoms with Crippen molar-refractivity contribution in [2.75, 3.05) is 31.6 Å². The van der Waals surface area contributed by atoms with Crippen molar-refractivity contribution in [1.29, 1.82) is 0 Å². The zero-order chi connectivity index (χ0) is 16.4. The lowest BCUT2D eigenvalue weighted by Gasteiger charge is -2.12. The molecule has 1 amide bonds. The highest BCUT2D eigenvalue weighted by molar-refractivity contribution is 5.98. The fourth-order valence-corrected chi connectivity index (χ4v) is 1.84. The Morgan fingerprint density at radius 3 is 2.59 bits per heavy atom. The summed E-state index contributed by atoms with van der Waals surface area (Å²) in [5.74, 6) is 0.254. The summed E-state index contributed by atoms with van der Waals surface area (Å²) >= 11 is 0. The van der Waals surface area contributed by atoms with Gasteiger partial charge in [-0.15, -0.1) is 0 Å². The number of ether oxygens (including phenoxy) is 1. The van der Waals surface area contributed by atoms with Crippen LogP contribution in [0.3, 0.4) is 0 Å². The number of Topliss-reactive ketones (excluding diaryl/α,β-unsaturated/α-hetero) is 1. The molecule has 0 aliphatic rings. The Balaban J connectivity index is 2.51. The van der Waals surface area contributed by atoms with Gasteiger partial charge in [0.2, 0.25) is 0 Å². The summed E-state index contributed by atoms with van der Waals surface area (Å²) in [6.07, 6.45) is 0.294. The van der Waals surface area contributed by atoms with Crippen LogP contribution in [0, 0.1) is 0 Å². The topological polar surface area (TPSA) is 108 Å². The van der Waals surface area contributed by atoms with Crippen LogP contribution in [0.15, 0.2) is 18.2 Å². The molecule has 0 saturated heterocycles. The number of hydrogen-bond acceptors (Lipinski definition) is 5. The SMILES string of the molecule is CC(=O)c1cc(NC(=O)O)ccc1OCCCNCCCO. The number of hydrogen-bond donors (Lipinski definition) is 4. The highest BCUT2D eigenvalue weighted by atomic mass is 16.5. The Hall–Kier alpha value is -2.12. The van der Waals surface area contributed by atoms with Crippen molar-refractivity contribution < 1.29 is 24.5 Å². The largest absolute Gasteiger partial charge is 0.493 e. The van der Waals surface area contributed by atoms with Gasteiger partial charge in [0.25, 0.3) is 0 Å². The minimum Gasteiger partial charge on any atom is -0.493 e. The van der Waals surface area contributed by atoms with Gasteiger partial charge in [0.1, 0.15) is 5.75 Å². The smallest absolute Gasteiger partial charge is 0.409 e. The molecule has 0 bridgehead atoms. The molecule has 1 aromatic carbocycles. The number of carboxylic acid groups (broad SMARTS) is 1. The van der Waals surface area contributed by atoms with E-state index in [0.29, 0.717) is 30.0 Å². The first-order chi connectivity index (χ1) is 10.5. The van der Waals surface area contributed by atoms with E-state index in [2.05, 4.69) is 10.6 Å². The monoisotopic (exact) mass is 310 g/mol. The van der Waals surface area contributed by atoms with Crippen LogP contribution in [0.1, 0.15) is 30.1 Å². The van der Waals surface area contributed by atoms with Gasteiger partial charge in [0.05, 0.1) is 12.2 Å². The highest BCUT2D eigenvalue weighted by Gasteiger charge is 2.10. The van der Waals surface area contributed by atoms with Crippen LogP contribution in [0.5, 0.6) is 5.75 Å². The second kappa shape index (κ2) is 9.75. The number of aliphatic hydroxyl groups is 1. The van der Waals surface area contributed by atoms with E-state index >= 15 is 0 Å². The van der Waals surface area contributed by atoms with Gasteiger partial charge in [-0.25, -0.2) is 4.79 Å². The first-order valence-electron chi connectivity index (χ1n) is 7.14. The number of benzene rings is 1. The average molecular weight is 310 g/mol. The van der Waals surface area contributed by atoms with E-state index < -0.39 is 6.09 Å². The Morgan fingerprint density at radius 1 is 1.23 bits per heavy atom. The zero-order valence-electron chi connectivity index (χ0n) is 12.6. The average Bonchev–Trinajstić information content (AvgIpc) is 2.46. The van der Waals surface area contributed by atoms with E-state index in [1.807, 2.05) is 0 Å². The third kappa shape index (κ3) is 6.55. The van der Waals surface area contributed by atoms with E-state index in [-0.39, 0.29) is 12.4 Å². The van der Waals surface area contributed by atoms with Gasteiger partial charge < -0.3 is 20.3 Å². The standard InChI is InChI=1S/C15H22N2O5/c1-11(19)13-10-12(17-15(20)21)4-5-14(13)22-9-3-7-16-6-2-8-18/h4-5,10,16-18H,2-3,6-9H2,1H3,(H,20,21). The zero-order valence-corrected chi connectivity index (χ0v) is 12.6. The lowest BCUT2D eigenvalue weighted by atomic mass is 10.1. The lowest BCUT2D eigenvalue weighted by molar-refractivity contribution is 0.101. The van der Waals surface area contributed by atoms with Crippen molar-refractivity contribution in [3.8, 4) is 5.75 Å². The summed E-state index contributed by atoms with van der Waals surface area (Å²) in [5.41, 5.74) is 0.676. The van der Waals surface area contributed by atoms with Gasteiger partial charge in [0, 0.05) is 12.3 Å². The molecular formula is C15H22N2O5. The molecule has 1 rings (SSSR count). The first-order valence-corrected chi connectivity index (χ1v) is 7.14. The Morgan fingerprint density at radius 2 is 1.95 bits per heavy atom. The van der Waals surface area contributed by atoms with Crippen molar-refractivity contribution in [3.63, 3.8) is 0 Å². The van der Waals surface area contributed by atoms with Gasteiger partial charge in [-0.1, -0.05) is 0 Å². The molecule has 7 heteroatoms. The van der Waals surface area contributed by atoms with Gasteiger partial charge >= 0.3 is 6.09 Å². The molecule has 0 spiro atoms. The van der Waals surface area contributed by atoms with Gasteiger partial charge in [-0.2, -0.15) is 0 Å². The molecule has 0 heterocycles. The summed E-state index contributed by atoms with van der Waals surface area (Å²) < 4.78 is 5.58. The quantitative estimate of drug-likeness (QED) is 0.387. The van der Waals surface area contributed by atoms with Crippen molar-refractivity contribution >= 4 is 17.6 Å². The molecule has 22 heavy (non-hydrogen) atoms. The maximum atomic E-state index is 11.6. The Labute approximate surface area is 129 Å². The molecular weight excluding hydrogens is 288 g/mol. The molecule has 0 saturated carbocycles. The van der Waals surface area contributed by atoms with Crippen molar-refractivity contribution in [2.24, 2.45) is 0 Å². The van der Waals surface area contributed by atoms with Gasteiger partial charge in [0.15, 0.2) is 5.78 Å². The van der Waals surface area contributed by atoms with Crippen LogP contribution in [0.25, 0.3) is 0 Å². The first kappa shape index (κ1) is 17.9. The number of ketones is 1. The molecule has 0 aliphatic carbocycles. The van der Waals surface area contributed by atoms with Crippen molar-refractivity contribution in [2.45, 2.75) is 19.8 Å². The van der Waals surface area contributed by atoms with Gasteiger partial charge in [-0.05, 0) is 51.1 Å². The molecule has 0 atom stereocenters. The highest BCUT2D eigenvalue weighted by Crippen LogP contribution is 2.23. The fourth-order valence-electron chi connectivity index (χ4n) is 1.84. The summed E-state index contributed by atoms with van der Waals surface area (Å²) in [4.78, 5) is 22.2. The molecule has 7 nitrogen and oxygen atoms in total. The maximum Gasteiger partial charge on any atom is 0.409 e. The predicted octanol–water partition coefficient (Wildman–Crippen LogP) is 1.72. The number of amides is 1. The van der Waals surface area contributed by atoms with E-state index in [1.54, 1.807) is 12.1 Å². The summed E-state index contributed by atoms with van der Waals surface area (Å²) in [5, 5.41) is 22.7. The molecule has 0 aliphatic heterocycles. The Bertz CT molecular complexity index is 505. The summed E-state index contributed by atoms with van der Waals surface area (Å²) in [6.45, 7) is 3.53. The predicted molar refractivity (Wildman–Crippen MR) is 82.8 cm³/mol. The molecule has 1 aromatic rings. The van der Waals surface area contributed by atoms with E-state index in [9.17, 15) is 9.59 Å².